The molecule has 3 rings (SSSR count). The van der Waals surface area contributed by atoms with Crippen molar-refractivity contribution in [2.24, 2.45) is 0 Å². The van der Waals surface area contributed by atoms with E-state index in [0.29, 0.717) is 22.7 Å². The van der Waals surface area contributed by atoms with E-state index in [2.05, 4.69) is 5.32 Å². The molecule has 0 saturated carbocycles. The van der Waals surface area contributed by atoms with E-state index in [-0.39, 0.29) is 16.2 Å². The molecule has 1 heterocycles. The van der Waals surface area contributed by atoms with Crippen molar-refractivity contribution in [3.8, 4) is 11.5 Å². The highest BCUT2D eigenvalue weighted by atomic mass is 32.1. The summed E-state index contributed by atoms with van der Waals surface area (Å²) in [6.07, 6.45) is 1.41. The highest BCUT2D eigenvalue weighted by Gasteiger charge is 2.34. The number of nitrogens with zero attached hydrogens (tertiary/aromatic N) is 1. The number of nitrogens with one attached hydrogen (secondary N) is 1. The Labute approximate surface area is 171 Å². The lowest BCUT2D eigenvalue weighted by Crippen LogP contribution is -2.54. The fraction of sp³-hybridized carbons (Fsp3) is 0.100. The van der Waals surface area contributed by atoms with Gasteiger partial charge in [0.15, 0.2) is 16.6 Å². The SMILES string of the molecule is COc1ccc(/C=C2/C(=O)NC(=S)N(c3ccc(C(=O)[O-])cc3)C2=O)cc1OC. The average molecular weight is 411 g/mol. The second kappa shape index (κ2) is 8.11. The first-order valence-corrected chi connectivity index (χ1v) is 8.71. The van der Waals surface area contributed by atoms with Crippen molar-refractivity contribution in [2.45, 2.75) is 0 Å². The number of carbonyl (C=O) groups excluding carboxylic acids is 3. The fourth-order valence-electron chi connectivity index (χ4n) is 2.75. The Morgan fingerprint density at radius 3 is 2.31 bits per heavy atom. The highest BCUT2D eigenvalue weighted by Crippen LogP contribution is 2.29. The second-order valence-corrected chi connectivity index (χ2v) is 6.29. The van der Waals surface area contributed by atoms with Gasteiger partial charge < -0.3 is 19.4 Å². The van der Waals surface area contributed by atoms with Gasteiger partial charge in [0.25, 0.3) is 11.8 Å². The zero-order chi connectivity index (χ0) is 21.1. The maximum absolute atomic E-state index is 13.0. The summed E-state index contributed by atoms with van der Waals surface area (Å²) in [4.78, 5) is 37.4. The third kappa shape index (κ3) is 3.94. The number of hydrogen-bond donors (Lipinski definition) is 1. The van der Waals surface area contributed by atoms with Gasteiger partial charge in [0.1, 0.15) is 5.57 Å². The summed E-state index contributed by atoms with van der Waals surface area (Å²) >= 11 is 5.12. The first-order valence-electron chi connectivity index (χ1n) is 8.30. The van der Waals surface area contributed by atoms with Crippen LogP contribution in [-0.4, -0.2) is 37.1 Å². The minimum absolute atomic E-state index is 0.0470. The number of ether oxygens (including phenoxy) is 2. The molecule has 0 unspecified atom stereocenters. The van der Waals surface area contributed by atoms with Gasteiger partial charge in [-0.1, -0.05) is 18.2 Å². The number of amides is 2. The molecule has 1 N–H and O–H groups in total. The summed E-state index contributed by atoms with van der Waals surface area (Å²) < 4.78 is 10.4. The average Bonchev–Trinajstić information content (AvgIpc) is 2.71. The Morgan fingerprint density at radius 1 is 1.07 bits per heavy atom. The number of rotatable bonds is 5. The van der Waals surface area contributed by atoms with Crippen LogP contribution in [0, 0.1) is 0 Å². The van der Waals surface area contributed by atoms with Gasteiger partial charge in [-0.3, -0.25) is 19.8 Å². The number of carboxylic acids is 1. The van der Waals surface area contributed by atoms with Gasteiger partial charge in [-0.25, -0.2) is 0 Å². The molecule has 0 atom stereocenters. The lowest BCUT2D eigenvalue weighted by molar-refractivity contribution is -0.255. The standard InChI is InChI=1S/C20H16N2O6S/c1-27-15-8-3-11(10-16(15)28-2)9-14-17(23)21-20(29)22(18(14)24)13-6-4-12(5-7-13)19(25)26/h3-10H,1-2H3,(H,25,26)(H,21,23,29)/p-1/b14-9-. The van der Waals surface area contributed by atoms with Gasteiger partial charge in [-0.2, -0.15) is 0 Å². The van der Waals surface area contributed by atoms with E-state index in [9.17, 15) is 19.5 Å². The van der Waals surface area contributed by atoms with Gasteiger partial charge in [0.2, 0.25) is 0 Å². The van der Waals surface area contributed by atoms with E-state index >= 15 is 0 Å². The monoisotopic (exact) mass is 411 g/mol. The molecule has 2 aromatic carbocycles. The second-order valence-electron chi connectivity index (χ2n) is 5.91. The van der Waals surface area contributed by atoms with Crippen LogP contribution in [0.1, 0.15) is 15.9 Å². The van der Waals surface area contributed by atoms with Gasteiger partial charge >= 0.3 is 0 Å². The first-order chi connectivity index (χ1) is 13.8. The molecule has 29 heavy (non-hydrogen) atoms. The molecular formula is C20H15N2O6S-. The predicted molar refractivity (Wildman–Crippen MR) is 107 cm³/mol. The number of thiocarbonyl (C=S) groups is 1. The Balaban J connectivity index is 1.98. The minimum atomic E-state index is -1.34. The Hall–Kier alpha value is -3.72. The van der Waals surface area contributed by atoms with Crippen molar-refractivity contribution >= 4 is 46.9 Å². The van der Waals surface area contributed by atoms with Gasteiger partial charge in [0.05, 0.1) is 25.9 Å². The zero-order valence-corrected chi connectivity index (χ0v) is 16.2. The van der Waals surface area contributed by atoms with Crippen LogP contribution in [0.2, 0.25) is 0 Å². The molecule has 0 bridgehead atoms. The fourth-order valence-corrected chi connectivity index (χ4v) is 3.03. The molecule has 1 saturated heterocycles. The van der Waals surface area contributed by atoms with E-state index in [1.165, 1.54) is 44.6 Å². The van der Waals surface area contributed by atoms with Crippen molar-refractivity contribution in [3.63, 3.8) is 0 Å². The van der Waals surface area contributed by atoms with Crippen LogP contribution in [0.25, 0.3) is 6.08 Å². The molecular weight excluding hydrogens is 396 g/mol. The molecule has 1 aliphatic rings. The van der Waals surface area contributed by atoms with Gasteiger partial charge in [0, 0.05) is 0 Å². The summed E-state index contributed by atoms with van der Waals surface area (Å²) in [6, 6.07) is 10.3. The molecule has 2 aromatic rings. The molecule has 9 heteroatoms. The van der Waals surface area contributed by atoms with E-state index in [1.807, 2.05) is 0 Å². The molecule has 1 fully saturated rings. The lowest BCUT2D eigenvalue weighted by atomic mass is 10.1. The van der Waals surface area contributed by atoms with E-state index in [1.54, 1.807) is 18.2 Å². The quantitative estimate of drug-likeness (QED) is 0.442. The van der Waals surface area contributed by atoms with Crippen LogP contribution >= 0.6 is 12.2 Å². The molecule has 2 amide bonds. The van der Waals surface area contributed by atoms with Crippen LogP contribution in [-0.2, 0) is 9.59 Å². The summed E-state index contributed by atoms with van der Waals surface area (Å²) in [5, 5.41) is 13.3. The van der Waals surface area contributed by atoms with Crippen LogP contribution in [0.3, 0.4) is 0 Å². The van der Waals surface area contributed by atoms with Crippen LogP contribution < -0.4 is 24.8 Å². The summed E-state index contributed by atoms with van der Waals surface area (Å²) in [5.74, 6) is -1.68. The third-order valence-corrected chi connectivity index (χ3v) is 4.47. The van der Waals surface area contributed by atoms with Gasteiger partial charge in [-0.05, 0) is 53.7 Å². The minimum Gasteiger partial charge on any atom is -0.545 e. The molecule has 0 radical (unpaired) electrons. The lowest BCUT2D eigenvalue weighted by Gasteiger charge is -2.29. The molecule has 1 aliphatic heterocycles. The van der Waals surface area contributed by atoms with Crippen LogP contribution in [0.15, 0.2) is 48.0 Å². The molecule has 8 nitrogen and oxygen atoms in total. The summed E-state index contributed by atoms with van der Waals surface area (Å²) in [7, 11) is 2.97. The third-order valence-electron chi connectivity index (χ3n) is 4.18. The van der Waals surface area contributed by atoms with Crippen molar-refractivity contribution in [3.05, 3.63) is 59.2 Å². The van der Waals surface area contributed by atoms with Gasteiger partial charge in [-0.15, -0.1) is 0 Å². The van der Waals surface area contributed by atoms with Crippen molar-refractivity contribution in [2.75, 3.05) is 19.1 Å². The van der Waals surface area contributed by atoms with E-state index in [4.69, 9.17) is 21.7 Å². The van der Waals surface area contributed by atoms with E-state index < -0.39 is 17.8 Å². The van der Waals surface area contributed by atoms with Crippen LogP contribution in [0.5, 0.6) is 11.5 Å². The Morgan fingerprint density at radius 2 is 1.72 bits per heavy atom. The van der Waals surface area contributed by atoms with Crippen molar-refractivity contribution < 1.29 is 29.0 Å². The number of aromatic carboxylic acids is 1. The predicted octanol–water partition coefficient (Wildman–Crippen LogP) is 0.899. The Bertz CT molecular complexity index is 1050. The first kappa shape index (κ1) is 20.0. The number of methoxy groups -OCH3 is 2. The molecule has 0 spiro atoms. The summed E-state index contributed by atoms with van der Waals surface area (Å²) in [5.41, 5.74) is 0.661. The number of anilines is 1. The number of hydrogen-bond acceptors (Lipinski definition) is 7. The molecule has 0 aromatic heterocycles. The number of carboxylic acid groups (broad SMARTS) is 1. The van der Waals surface area contributed by atoms with Crippen molar-refractivity contribution in [1.29, 1.82) is 0 Å². The van der Waals surface area contributed by atoms with Crippen LogP contribution in [0.4, 0.5) is 5.69 Å². The van der Waals surface area contributed by atoms with Crippen molar-refractivity contribution in [1.82, 2.24) is 5.32 Å². The summed E-state index contributed by atoms with van der Waals surface area (Å²) in [6.45, 7) is 0. The largest absolute Gasteiger partial charge is 0.545 e. The maximum Gasteiger partial charge on any atom is 0.270 e. The highest BCUT2D eigenvalue weighted by molar-refractivity contribution is 7.80. The zero-order valence-electron chi connectivity index (χ0n) is 15.4. The topological polar surface area (TPSA) is 108 Å². The smallest absolute Gasteiger partial charge is 0.270 e. The molecule has 0 aliphatic carbocycles. The Kier molecular flexibility index (Phi) is 5.60. The normalized spacial score (nSPS) is 15.3. The number of carbonyl (C=O) groups is 3. The molecule has 148 valence electrons. The van der Waals surface area contributed by atoms with E-state index in [0.717, 1.165) is 4.90 Å². The maximum atomic E-state index is 13.0. The number of benzene rings is 2.